The van der Waals surface area contributed by atoms with Crippen molar-refractivity contribution < 1.29 is 4.79 Å². The number of piperazine rings is 1. The number of benzene rings is 1. The fourth-order valence-electron chi connectivity index (χ4n) is 2.91. The van der Waals surface area contributed by atoms with E-state index in [2.05, 4.69) is 43.8 Å². The Morgan fingerprint density at radius 2 is 2.00 bits per heavy atom. The van der Waals surface area contributed by atoms with Crippen molar-refractivity contribution >= 4 is 33.8 Å². The average Bonchev–Trinajstić information content (AvgIpc) is 2.99. The van der Waals surface area contributed by atoms with E-state index in [1.54, 1.807) is 11.5 Å². The predicted octanol–water partition coefficient (Wildman–Crippen LogP) is 1.94. The predicted molar refractivity (Wildman–Crippen MR) is 91.6 cm³/mol. The molecule has 5 nitrogen and oxygen atoms in total. The van der Waals surface area contributed by atoms with Gasteiger partial charge in [0.2, 0.25) is 6.41 Å². The molecule has 0 spiro atoms. The quantitative estimate of drug-likeness (QED) is 0.626. The van der Waals surface area contributed by atoms with Crippen LogP contribution in [0.4, 0.5) is 5.82 Å². The normalized spacial score (nSPS) is 16.1. The van der Waals surface area contributed by atoms with Crippen LogP contribution in [0.15, 0.2) is 24.3 Å². The van der Waals surface area contributed by atoms with Gasteiger partial charge in [0, 0.05) is 38.1 Å². The molecule has 1 aliphatic rings. The molecule has 0 unspecified atom stereocenters. The molecule has 3 rings (SSSR count). The molecule has 1 N–H and O–H groups in total. The van der Waals surface area contributed by atoms with Crippen molar-refractivity contribution in [3.05, 3.63) is 24.3 Å². The number of fused-ring (bicyclic) bond motifs is 1. The van der Waals surface area contributed by atoms with E-state index in [-0.39, 0.29) is 0 Å². The van der Waals surface area contributed by atoms with Gasteiger partial charge in [0.05, 0.1) is 4.70 Å². The number of carbonyl (C=O) groups is 1. The number of hydrogen-bond acceptors (Lipinski definition) is 5. The Morgan fingerprint density at radius 1 is 1.18 bits per heavy atom. The molecule has 1 saturated heterocycles. The summed E-state index contributed by atoms with van der Waals surface area (Å²) < 4.78 is 5.91. The molecule has 1 amide bonds. The van der Waals surface area contributed by atoms with Gasteiger partial charge in [0.25, 0.3) is 0 Å². The summed E-state index contributed by atoms with van der Waals surface area (Å²) in [5.74, 6) is 1.15. The fourth-order valence-corrected chi connectivity index (χ4v) is 3.70. The highest BCUT2D eigenvalue weighted by atomic mass is 32.1. The molecule has 1 aliphatic heterocycles. The Bertz CT molecular complexity index is 607. The molecule has 1 aromatic carbocycles. The van der Waals surface area contributed by atoms with Gasteiger partial charge < -0.3 is 10.2 Å². The average molecular weight is 318 g/mol. The van der Waals surface area contributed by atoms with Crippen LogP contribution in [0.2, 0.25) is 0 Å². The summed E-state index contributed by atoms with van der Waals surface area (Å²) in [5.41, 5.74) is 0. The maximum absolute atomic E-state index is 10.2. The Labute approximate surface area is 135 Å². The number of carbonyl (C=O) groups excluding carboxylic acids is 1. The van der Waals surface area contributed by atoms with E-state index < -0.39 is 0 Å². The number of aromatic nitrogens is 1. The minimum absolute atomic E-state index is 0.775. The van der Waals surface area contributed by atoms with Crippen LogP contribution in [0.3, 0.4) is 0 Å². The largest absolute Gasteiger partial charge is 0.359 e. The topological polar surface area (TPSA) is 48.5 Å². The lowest BCUT2D eigenvalue weighted by Gasteiger charge is -2.35. The van der Waals surface area contributed by atoms with Gasteiger partial charge in [0.15, 0.2) is 0 Å². The Hall–Kier alpha value is -1.66. The third kappa shape index (κ3) is 3.56. The third-order valence-electron chi connectivity index (χ3n) is 4.16. The van der Waals surface area contributed by atoms with E-state index >= 15 is 0 Å². The lowest BCUT2D eigenvalue weighted by atomic mass is 10.2. The van der Waals surface area contributed by atoms with Crippen molar-refractivity contribution in [1.29, 1.82) is 0 Å². The second-order valence-electron chi connectivity index (χ2n) is 5.61. The summed E-state index contributed by atoms with van der Waals surface area (Å²) >= 11 is 1.59. The first-order valence-corrected chi connectivity index (χ1v) is 8.64. The van der Waals surface area contributed by atoms with Gasteiger partial charge in [0.1, 0.15) is 5.82 Å². The van der Waals surface area contributed by atoms with E-state index in [9.17, 15) is 4.79 Å². The maximum atomic E-state index is 10.2. The smallest absolute Gasteiger partial charge is 0.207 e. The SMILES string of the molecule is O=CNCCCCN1CCN(c2nsc3ccccc23)CC1. The first-order valence-electron chi connectivity index (χ1n) is 7.87. The minimum atomic E-state index is 0.775. The van der Waals surface area contributed by atoms with Crippen LogP contribution in [-0.2, 0) is 4.79 Å². The zero-order valence-corrected chi connectivity index (χ0v) is 13.5. The summed E-state index contributed by atoms with van der Waals surface area (Å²) in [6, 6.07) is 8.46. The number of anilines is 1. The highest BCUT2D eigenvalue weighted by Gasteiger charge is 2.20. The molecule has 1 aromatic heterocycles. The molecule has 22 heavy (non-hydrogen) atoms. The Kier molecular flexibility index (Phi) is 5.24. The summed E-state index contributed by atoms with van der Waals surface area (Å²) in [5, 5.41) is 3.99. The first-order chi connectivity index (χ1) is 10.9. The van der Waals surface area contributed by atoms with Crippen LogP contribution < -0.4 is 10.2 Å². The van der Waals surface area contributed by atoms with Crippen LogP contribution in [-0.4, -0.2) is 55.0 Å². The van der Waals surface area contributed by atoms with E-state index in [0.717, 1.165) is 64.3 Å². The van der Waals surface area contributed by atoms with Crippen LogP contribution in [0.1, 0.15) is 12.8 Å². The van der Waals surface area contributed by atoms with E-state index in [1.807, 2.05) is 0 Å². The minimum Gasteiger partial charge on any atom is -0.359 e. The van der Waals surface area contributed by atoms with Gasteiger partial charge in [-0.25, -0.2) is 0 Å². The number of nitrogens with zero attached hydrogens (tertiary/aromatic N) is 3. The molecule has 0 aliphatic carbocycles. The highest BCUT2D eigenvalue weighted by Crippen LogP contribution is 2.29. The van der Waals surface area contributed by atoms with Gasteiger partial charge in [-0.3, -0.25) is 9.69 Å². The number of amides is 1. The van der Waals surface area contributed by atoms with E-state index in [0.29, 0.717) is 0 Å². The molecule has 2 aromatic rings. The molecule has 0 saturated carbocycles. The highest BCUT2D eigenvalue weighted by molar-refractivity contribution is 7.13. The molecule has 2 heterocycles. The molecular weight excluding hydrogens is 296 g/mol. The van der Waals surface area contributed by atoms with Crippen molar-refractivity contribution in [3.63, 3.8) is 0 Å². The first kappa shape index (κ1) is 15.2. The Morgan fingerprint density at radius 3 is 2.82 bits per heavy atom. The van der Waals surface area contributed by atoms with Crippen LogP contribution in [0.25, 0.3) is 10.1 Å². The van der Waals surface area contributed by atoms with Gasteiger partial charge in [-0.05, 0) is 43.1 Å². The van der Waals surface area contributed by atoms with Gasteiger partial charge >= 0.3 is 0 Å². The number of hydrogen-bond donors (Lipinski definition) is 1. The summed E-state index contributed by atoms with van der Waals surface area (Å²) in [4.78, 5) is 15.1. The standard InChI is InChI=1S/C16H22N4OS/c21-13-17-7-3-4-8-19-9-11-20(12-10-19)16-14-5-1-2-6-15(14)22-18-16/h1-2,5-6,13H,3-4,7-12H2,(H,17,21). The second-order valence-corrected chi connectivity index (χ2v) is 6.42. The molecule has 0 radical (unpaired) electrons. The zero-order valence-electron chi connectivity index (χ0n) is 12.7. The van der Waals surface area contributed by atoms with Crippen LogP contribution in [0.5, 0.6) is 0 Å². The van der Waals surface area contributed by atoms with Crippen molar-refractivity contribution in [2.75, 3.05) is 44.2 Å². The van der Waals surface area contributed by atoms with Crippen molar-refractivity contribution in [3.8, 4) is 0 Å². The summed E-state index contributed by atoms with van der Waals surface area (Å²) in [6.07, 6.45) is 2.97. The Balaban J connectivity index is 1.48. The monoisotopic (exact) mass is 318 g/mol. The molecular formula is C16H22N4OS. The third-order valence-corrected chi connectivity index (χ3v) is 4.98. The summed E-state index contributed by atoms with van der Waals surface area (Å²) in [7, 11) is 0. The maximum Gasteiger partial charge on any atom is 0.207 e. The van der Waals surface area contributed by atoms with Gasteiger partial charge in [-0.2, -0.15) is 4.37 Å². The molecule has 0 bridgehead atoms. The van der Waals surface area contributed by atoms with E-state index in [4.69, 9.17) is 0 Å². The van der Waals surface area contributed by atoms with Gasteiger partial charge in [-0.1, -0.05) is 12.1 Å². The summed E-state index contributed by atoms with van der Waals surface area (Å²) in [6.45, 7) is 6.17. The van der Waals surface area contributed by atoms with Gasteiger partial charge in [-0.15, -0.1) is 0 Å². The number of unbranched alkanes of at least 4 members (excludes halogenated alkanes) is 1. The second kappa shape index (κ2) is 7.56. The molecule has 0 atom stereocenters. The fraction of sp³-hybridized carbons (Fsp3) is 0.500. The van der Waals surface area contributed by atoms with E-state index in [1.165, 1.54) is 10.1 Å². The van der Waals surface area contributed by atoms with Crippen LogP contribution >= 0.6 is 11.5 Å². The van der Waals surface area contributed by atoms with Crippen molar-refractivity contribution in [2.24, 2.45) is 0 Å². The lowest BCUT2D eigenvalue weighted by molar-refractivity contribution is -0.109. The number of rotatable bonds is 7. The molecule has 6 heteroatoms. The number of nitrogens with one attached hydrogen (secondary N) is 1. The lowest BCUT2D eigenvalue weighted by Crippen LogP contribution is -2.46. The molecule has 118 valence electrons. The van der Waals surface area contributed by atoms with Crippen molar-refractivity contribution in [2.45, 2.75) is 12.8 Å². The zero-order chi connectivity index (χ0) is 15.2. The molecule has 1 fully saturated rings. The van der Waals surface area contributed by atoms with Crippen LogP contribution in [0, 0.1) is 0 Å². The van der Waals surface area contributed by atoms with Crippen molar-refractivity contribution in [1.82, 2.24) is 14.6 Å².